The molecule has 0 aromatic heterocycles. The van der Waals surface area contributed by atoms with Crippen LogP contribution in [-0.4, -0.2) is 12.5 Å². The second-order valence-corrected chi connectivity index (χ2v) is 8.75. The normalized spacial score (nSPS) is 14.5. The van der Waals surface area contributed by atoms with E-state index in [0.29, 0.717) is 11.7 Å². The number of nitrogens with one attached hydrogen (secondary N) is 1. The third-order valence-corrected chi connectivity index (χ3v) is 6.12. The van der Waals surface area contributed by atoms with Gasteiger partial charge in [0.15, 0.2) is 6.61 Å². The number of rotatable bonds is 7. The Bertz CT molecular complexity index is 831. The number of halogens is 1. The summed E-state index contributed by atoms with van der Waals surface area (Å²) in [6, 6.07) is 12.7. The van der Waals surface area contributed by atoms with Crippen molar-refractivity contribution in [2.24, 2.45) is 0 Å². The van der Waals surface area contributed by atoms with Gasteiger partial charge in [0, 0.05) is 0 Å². The van der Waals surface area contributed by atoms with Gasteiger partial charge in [0.05, 0.1) is 10.5 Å². The molecule has 3 rings (SSSR count). The monoisotopic (exact) mass is 443 g/mol. The fraction of sp³-hybridized carbons (Fsp3) is 0.458. The Kier molecular flexibility index (Phi) is 7.17. The maximum atomic E-state index is 12.5. The van der Waals surface area contributed by atoms with Gasteiger partial charge in [-0.15, -0.1) is 0 Å². The Balaban J connectivity index is 1.60. The van der Waals surface area contributed by atoms with Crippen LogP contribution in [0.5, 0.6) is 5.75 Å². The highest BCUT2D eigenvalue weighted by Crippen LogP contribution is 2.29. The van der Waals surface area contributed by atoms with Crippen LogP contribution in [0.4, 0.5) is 0 Å². The van der Waals surface area contributed by atoms with Crippen molar-refractivity contribution in [1.29, 1.82) is 0 Å². The van der Waals surface area contributed by atoms with Gasteiger partial charge >= 0.3 is 0 Å². The van der Waals surface area contributed by atoms with E-state index in [2.05, 4.69) is 66.3 Å². The number of ether oxygens (including phenoxy) is 1. The molecule has 0 saturated carbocycles. The van der Waals surface area contributed by atoms with E-state index in [1.165, 1.54) is 41.5 Å². The molecule has 0 spiro atoms. The molecule has 4 heteroatoms. The molecule has 1 N–H and O–H groups in total. The summed E-state index contributed by atoms with van der Waals surface area (Å²) in [5, 5.41) is 3.13. The van der Waals surface area contributed by atoms with Gasteiger partial charge in [0.25, 0.3) is 5.91 Å². The Morgan fingerprint density at radius 3 is 2.46 bits per heavy atom. The minimum absolute atomic E-state index is 0.0149. The van der Waals surface area contributed by atoms with Gasteiger partial charge < -0.3 is 10.1 Å². The van der Waals surface area contributed by atoms with E-state index >= 15 is 0 Å². The third-order valence-electron chi connectivity index (χ3n) is 5.50. The molecule has 0 bridgehead atoms. The molecule has 0 unspecified atom stereocenters. The molecule has 0 heterocycles. The first-order valence-electron chi connectivity index (χ1n) is 10.3. The van der Waals surface area contributed by atoms with Gasteiger partial charge in [-0.2, -0.15) is 0 Å². The van der Waals surface area contributed by atoms with E-state index in [9.17, 15) is 4.79 Å². The van der Waals surface area contributed by atoms with Crippen LogP contribution in [0.3, 0.4) is 0 Å². The Hall–Kier alpha value is -1.81. The first-order chi connectivity index (χ1) is 13.5. The van der Waals surface area contributed by atoms with Crippen molar-refractivity contribution >= 4 is 21.8 Å². The lowest BCUT2D eigenvalue weighted by molar-refractivity contribution is -0.123. The number of amides is 1. The van der Waals surface area contributed by atoms with Crippen molar-refractivity contribution in [1.82, 2.24) is 5.32 Å². The number of aryl methyl sites for hydroxylation is 2. The Labute approximate surface area is 177 Å². The molecule has 28 heavy (non-hydrogen) atoms. The zero-order valence-corrected chi connectivity index (χ0v) is 18.6. The largest absolute Gasteiger partial charge is 0.483 e. The SMILES string of the molecule is CC[C@@H](NC(=O)COc1ccc(C(C)C)cc1Br)c1ccc2c(c1)CCCC2. The molecule has 0 aliphatic heterocycles. The highest BCUT2D eigenvalue weighted by Gasteiger charge is 2.17. The first kappa shape index (κ1) is 20.9. The first-order valence-corrected chi connectivity index (χ1v) is 11.1. The van der Waals surface area contributed by atoms with Gasteiger partial charge in [0.2, 0.25) is 0 Å². The van der Waals surface area contributed by atoms with Crippen LogP contribution in [0.15, 0.2) is 40.9 Å². The predicted octanol–water partition coefficient (Wildman–Crippen LogP) is 6.10. The van der Waals surface area contributed by atoms with Crippen LogP contribution >= 0.6 is 15.9 Å². The predicted molar refractivity (Wildman–Crippen MR) is 118 cm³/mol. The van der Waals surface area contributed by atoms with E-state index in [4.69, 9.17) is 4.74 Å². The molecule has 1 aliphatic carbocycles. The van der Waals surface area contributed by atoms with Gasteiger partial charge in [0.1, 0.15) is 5.75 Å². The van der Waals surface area contributed by atoms with Crippen LogP contribution < -0.4 is 10.1 Å². The number of fused-ring (bicyclic) bond motifs is 1. The van der Waals surface area contributed by atoms with E-state index in [1.807, 2.05) is 12.1 Å². The van der Waals surface area contributed by atoms with E-state index in [-0.39, 0.29) is 18.6 Å². The summed E-state index contributed by atoms with van der Waals surface area (Å²) in [6.07, 6.45) is 5.73. The van der Waals surface area contributed by atoms with Gasteiger partial charge in [-0.05, 0) is 88.3 Å². The lowest BCUT2D eigenvalue weighted by Crippen LogP contribution is -2.32. The number of hydrogen-bond donors (Lipinski definition) is 1. The topological polar surface area (TPSA) is 38.3 Å². The second kappa shape index (κ2) is 9.60. The van der Waals surface area contributed by atoms with Crippen molar-refractivity contribution in [2.75, 3.05) is 6.61 Å². The molecule has 1 amide bonds. The molecule has 2 aromatic carbocycles. The van der Waals surface area contributed by atoms with Crippen LogP contribution in [-0.2, 0) is 17.6 Å². The Morgan fingerprint density at radius 2 is 1.79 bits per heavy atom. The molecular weight excluding hydrogens is 414 g/mol. The van der Waals surface area contributed by atoms with Crippen LogP contribution in [0.25, 0.3) is 0 Å². The van der Waals surface area contributed by atoms with Crippen molar-refractivity contribution in [3.8, 4) is 5.75 Å². The minimum Gasteiger partial charge on any atom is -0.483 e. The summed E-state index contributed by atoms with van der Waals surface area (Å²) < 4.78 is 6.63. The summed E-state index contributed by atoms with van der Waals surface area (Å²) in [5.41, 5.74) is 5.34. The smallest absolute Gasteiger partial charge is 0.258 e. The lowest BCUT2D eigenvalue weighted by atomic mass is 9.89. The average Bonchev–Trinajstić information content (AvgIpc) is 2.70. The van der Waals surface area contributed by atoms with E-state index in [1.54, 1.807) is 0 Å². The van der Waals surface area contributed by atoms with Crippen LogP contribution in [0.2, 0.25) is 0 Å². The lowest BCUT2D eigenvalue weighted by Gasteiger charge is -2.22. The molecule has 150 valence electrons. The third kappa shape index (κ3) is 5.16. The average molecular weight is 444 g/mol. The van der Waals surface area contributed by atoms with Crippen molar-refractivity contribution in [3.05, 3.63) is 63.1 Å². The molecule has 0 fully saturated rings. The summed E-state index contributed by atoms with van der Waals surface area (Å²) in [5.74, 6) is 1.06. The fourth-order valence-electron chi connectivity index (χ4n) is 3.76. The van der Waals surface area contributed by atoms with Gasteiger partial charge in [-0.1, -0.05) is 45.0 Å². The number of benzene rings is 2. The quantitative estimate of drug-likeness (QED) is 0.561. The van der Waals surface area contributed by atoms with Crippen molar-refractivity contribution < 1.29 is 9.53 Å². The maximum absolute atomic E-state index is 12.5. The number of carbonyl (C=O) groups excluding carboxylic acids is 1. The minimum atomic E-state index is -0.0931. The summed E-state index contributed by atoms with van der Waals surface area (Å²) in [7, 11) is 0. The Morgan fingerprint density at radius 1 is 1.07 bits per heavy atom. The van der Waals surface area contributed by atoms with Gasteiger partial charge in [-0.3, -0.25) is 4.79 Å². The summed E-state index contributed by atoms with van der Waals surface area (Å²) in [6.45, 7) is 6.43. The van der Waals surface area contributed by atoms with Crippen LogP contribution in [0.1, 0.15) is 74.2 Å². The fourth-order valence-corrected chi connectivity index (χ4v) is 4.27. The standard InChI is InChI=1S/C24H30BrNO2/c1-4-22(20-10-9-17-7-5-6-8-19(17)13-20)26-24(27)15-28-23-12-11-18(16(2)3)14-21(23)25/h9-14,16,22H,4-8,15H2,1-3H3,(H,26,27)/t22-/m1/s1. The highest BCUT2D eigenvalue weighted by atomic mass is 79.9. The van der Waals surface area contributed by atoms with E-state index in [0.717, 1.165) is 17.3 Å². The molecule has 1 aliphatic rings. The summed E-state index contributed by atoms with van der Waals surface area (Å²) >= 11 is 3.55. The zero-order valence-electron chi connectivity index (χ0n) is 17.1. The molecular formula is C24H30BrNO2. The van der Waals surface area contributed by atoms with Crippen LogP contribution in [0, 0.1) is 0 Å². The molecule has 0 saturated heterocycles. The molecule has 0 radical (unpaired) electrons. The maximum Gasteiger partial charge on any atom is 0.258 e. The molecule has 2 aromatic rings. The molecule has 1 atom stereocenters. The second-order valence-electron chi connectivity index (χ2n) is 7.90. The zero-order chi connectivity index (χ0) is 20.1. The van der Waals surface area contributed by atoms with E-state index < -0.39 is 0 Å². The number of hydrogen-bond acceptors (Lipinski definition) is 2. The number of carbonyl (C=O) groups is 1. The highest BCUT2D eigenvalue weighted by molar-refractivity contribution is 9.10. The summed E-state index contributed by atoms with van der Waals surface area (Å²) in [4.78, 5) is 12.5. The van der Waals surface area contributed by atoms with Crippen molar-refractivity contribution in [3.63, 3.8) is 0 Å². The van der Waals surface area contributed by atoms with Gasteiger partial charge in [-0.25, -0.2) is 0 Å². The van der Waals surface area contributed by atoms with Crippen molar-refractivity contribution in [2.45, 2.75) is 64.8 Å². The molecule has 3 nitrogen and oxygen atoms in total.